The molecular formula is C14H21NO. The molecule has 2 N–H and O–H groups in total. The molecule has 1 atom stereocenters. The molecule has 0 spiro atoms. The fraction of sp³-hybridized carbons (Fsp3) is 0.500. The van der Waals surface area contributed by atoms with Crippen molar-refractivity contribution in [1.82, 2.24) is 0 Å². The molecule has 16 heavy (non-hydrogen) atoms. The number of hydrogen-bond donors (Lipinski definition) is 1. The van der Waals surface area contributed by atoms with Crippen molar-refractivity contribution in [3.05, 3.63) is 33.4 Å². The molecule has 88 valence electrons. The smallest absolute Gasteiger partial charge is 0.137 e. The van der Waals surface area contributed by atoms with Gasteiger partial charge >= 0.3 is 0 Å². The van der Waals surface area contributed by atoms with Crippen molar-refractivity contribution >= 4 is 6.29 Å². The molecular weight excluding hydrogens is 198 g/mol. The molecule has 0 aliphatic heterocycles. The van der Waals surface area contributed by atoms with Crippen molar-refractivity contribution < 1.29 is 4.79 Å². The molecule has 2 nitrogen and oxygen atoms in total. The van der Waals surface area contributed by atoms with Gasteiger partial charge in [0.1, 0.15) is 6.29 Å². The summed E-state index contributed by atoms with van der Waals surface area (Å²) in [5, 5.41) is 0. The summed E-state index contributed by atoms with van der Waals surface area (Å²) >= 11 is 0. The molecule has 0 unspecified atom stereocenters. The number of nitrogens with two attached hydrogens (primary N) is 1. The van der Waals surface area contributed by atoms with Gasteiger partial charge in [-0.2, -0.15) is 0 Å². The lowest BCUT2D eigenvalue weighted by atomic mass is 9.87. The Morgan fingerprint density at radius 2 is 1.31 bits per heavy atom. The molecule has 0 radical (unpaired) electrons. The summed E-state index contributed by atoms with van der Waals surface area (Å²) in [5.41, 5.74) is 13.5. The third-order valence-electron chi connectivity index (χ3n) is 3.77. The molecule has 0 amide bonds. The standard InChI is InChI=1S/C14H21NO/c1-8-9(2)11(4)14(6-13(15)7-16)12(5)10(8)3/h7,13H,6,15H2,1-5H3/t13-/m0/s1. The predicted octanol–water partition coefficient (Wildman–Crippen LogP) is 2.30. The zero-order chi connectivity index (χ0) is 12.5. The van der Waals surface area contributed by atoms with Crippen molar-refractivity contribution in [3.63, 3.8) is 0 Å². The van der Waals surface area contributed by atoms with Crippen molar-refractivity contribution in [2.45, 2.75) is 47.1 Å². The molecule has 0 aromatic heterocycles. The molecule has 0 bridgehead atoms. The highest BCUT2D eigenvalue weighted by Crippen LogP contribution is 2.26. The fourth-order valence-corrected chi connectivity index (χ4v) is 2.17. The first kappa shape index (κ1) is 12.9. The first-order chi connectivity index (χ1) is 7.40. The van der Waals surface area contributed by atoms with Crippen LogP contribution in [0.25, 0.3) is 0 Å². The summed E-state index contributed by atoms with van der Waals surface area (Å²) in [6.45, 7) is 10.6. The van der Waals surface area contributed by atoms with E-state index in [1.807, 2.05) is 0 Å². The minimum absolute atomic E-state index is 0.390. The quantitative estimate of drug-likeness (QED) is 0.793. The molecule has 0 saturated carbocycles. The third kappa shape index (κ3) is 2.17. The maximum absolute atomic E-state index is 10.6. The highest BCUT2D eigenvalue weighted by molar-refractivity contribution is 5.59. The Labute approximate surface area is 97.9 Å². The van der Waals surface area contributed by atoms with E-state index in [1.165, 1.54) is 33.4 Å². The predicted molar refractivity (Wildman–Crippen MR) is 67.9 cm³/mol. The summed E-state index contributed by atoms with van der Waals surface area (Å²) in [5.74, 6) is 0. The van der Waals surface area contributed by atoms with Crippen LogP contribution in [0.15, 0.2) is 0 Å². The van der Waals surface area contributed by atoms with Gasteiger partial charge in [-0.05, 0) is 74.4 Å². The molecule has 0 aliphatic rings. The van der Waals surface area contributed by atoms with E-state index >= 15 is 0 Å². The summed E-state index contributed by atoms with van der Waals surface area (Å²) < 4.78 is 0. The first-order valence-electron chi connectivity index (χ1n) is 5.66. The topological polar surface area (TPSA) is 43.1 Å². The van der Waals surface area contributed by atoms with Gasteiger partial charge in [-0.3, -0.25) is 0 Å². The zero-order valence-corrected chi connectivity index (χ0v) is 10.8. The van der Waals surface area contributed by atoms with E-state index in [0.29, 0.717) is 6.42 Å². The van der Waals surface area contributed by atoms with Crippen LogP contribution in [0.1, 0.15) is 33.4 Å². The van der Waals surface area contributed by atoms with E-state index in [2.05, 4.69) is 34.6 Å². The first-order valence-corrected chi connectivity index (χ1v) is 5.66. The van der Waals surface area contributed by atoms with Gasteiger partial charge in [-0.1, -0.05) is 0 Å². The summed E-state index contributed by atoms with van der Waals surface area (Å²) in [4.78, 5) is 10.6. The largest absolute Gasteiger partial charge is 0.321 e. The summed E-state index contributed by atoms with van der Waals surface area (Å²) in [6, 6.07) is -0.390. The van der Waals surface area contributed by atoms with Crippen LogP contribution in [0.2, 0.25) is 0 Å². The Balaban J connectivity index is 3.33. The van der Waals surface area contributed by atoms with E-state index < -0.39 is 0 Å². The minimum atomic E-state index is -0.390. The summed E-state index contributed by atoms with van der Waals surface area (Å²) in [6.07, 6.45) is 1.46. The van der Waals surface area contributed by atoms with Crippen LogP contribution in [0.5, 0.6) is 0 Å². The highest BCUT2D eigenvalue weighted by Gasteiger charge is 2.14. The van der Waals surface area contributed by atoms with E-state index in [-0.39, 0.29) is 6.04 Å². The van der Waals surface area contributed by atoms with Gasteiger partial charge in [-0.15, -0.1) is 0 Å². The van der Waals surface area contributed by atoms with Crippen molar-refractivity contribution in [3.8, 4) is 0 Å². The molecule has 1 aromatic rings. The molecule has 0 heterocycles. The van der Waals surface area contributed by atoms with E-state index in [1.54, 1.807) is 0 Å². The van der Waals surface area contributed by atoms with Crippen molar-refractivity contribution in [1.29, 1.82) is 0 Å². The second-order valence-electron chi connectivity index (χ2n) is 4.61. The van der Waals surface area contributed by atoms with Crippen molar-refractivity contribution in [2.75, 3.05) is 0 Å². The van der Waals surface area contributed by atoms with Gasteiger partial charge in [0, 0.05) is 0 Å². The number of hydrogen-bond acceptors (Lipinski definition) is 2. The maximum atomic E-state index is 10.6. The van der Waals surface area contributed by atoms with Crippen LogP contribution >= 0.6 is 0 Å². The third-order valence-corrected chi connectivity index (χ3v) is 3.77. The number of benzene rings is 1. The van der Waals surface area contributed by atoms with Gasteiger partial charge in [0.25, 0.3) is 0 Å². The number of aldehydes is 1. The maximum Gasteiger partial charge on any atom is 0.137 e. The Morgan fingerprint density at radius 3 is 1.69 bits per heavy atom. The molecule has 1 rings (SSSR count). The Hall–Kier alpha value is -1.15. The van der Waals surface area contributed by atoms with Crippen LogP contribution in [-0.4, -0.2) is 12.3 Å². The van der Waals surface area contributed by atoms with Gasteiger partial charge in [0.15, 0.2) is 0 Å². The van der Waals surface area contributed by atoms with Gasteiger partial charge < -0.3 is 10.5 Å². The second kappa shape index (κ2) is 4.79. The molecule has 0 aliphatic carbocycles. The van der Waals surface area contributed by atoms with Crippen LogP contribution in [0, 0.1) is 34.6 Å². The van der Waals surface area contributed by atoms with Gasteiger partial charge in [0.05, 0.1) is 6.04 Å². The Kier molecular flexibility index (Phi) is 3.87. The van der Waals surface area contributed by atoms with Crippen molar-refractivity contribution in [2.24, 2.45) is 5.73 Å². The molecule has 1 aromatic carbocycles. The second-order valence-corrected chi connectivity index (χ2v) is 4.61. The molecule has 0 saturated heterocycles. The van der Waals surface area contributed by atoms with Crippen LogP contribution in [0.4, 0.5) is 0 Å². The van der Waals surface area contributed by atoms with E-state index in [9.17, 15) is 4.79 Å². The van der Waals surface area contributed by atoms with Crippen LogP contribution < -0.4 is 5.73 Å². The Bertz CT molecular complexity index is 392. The number of carbonyl (C=O) groups is 1. The zero-order valence-electron chi connectivity index (χ0n) is 10.8. The number of rotatable bonds is 3. The highest BCUT2D eigenvalue weighted by atomic mass is 16.1. The number of carbonyl (C=O) groups excluding carboxylic acids is 1. The van der Waals surface area contributed by atoms with E-state index in [0.717, 1.165) is 6.29 Å². The Morgan fingerprint density at radius 1 is 0.938 bits per heavy atom. The SMILES string of the molecule is Cc1c(C)c(C)c(C[C@H](N)C=O)c(C)c1C. The van der Waals surface area contributed by atoms with Gasteiger partial charge in [-0.25, -0.2) is 0 Å². The van der Waals surface area contributed by atoms with E-state index in [4.69, 9.17) is 5.73 Å². The monoisotopic (exact) mass is 219 g/mol. The molecule has 2 heteroatoms. The average Bonchev–Trinajstić information content (AvgIpc) is 2.29. The van der Waals surface area contributed by atoms with Gasteiger partial charge in [0.2, 0.25) is 0 Å². The lowest BCUT2D eigenvalue weighted by Gasteiger charge is -2.19. The van der Waals surface area contributed by atoms with Crippen LogP contribution in [-0.2, 0) is 11.2 Å². The average molecular weight is 219 g/mol. The normalized spacial score (nSPS) is 12.6. The lowest BCUT2D eigenvalue weighted by Crippen LogP contribution is -2.25. The molecule has 0 fully saturated rings. The lowest BCUT2D eigenvalue weighted by molar-refractivity contribution is -0.108. The minimum Gasteiger partial charge on any atom is -0.321 e. The fourth-order valence-electron chi connectivity index (χ4n) is 2.17. The summed E-state index contributed by atoms with van der Waals surface area (Å²) in [7, 11) is 0. The van der Waals surface area contributed by atoms with Crippen LogP contribution in [0.3, 0.4) is 0 Å².